The minimum absolute atomic E-state index is 0.0309. The van der Waals surface area contributed by atoms with Gasteiger partial charge in [-0.1, -0.05) is 0 Å². The predicted octanol–water partition coefficient (Wildman–Crippen LogP) is 6.01. The molecule has 162 valence electrons. The quantitative estimate of drug-likeness (QED) is 0.193. The summed E-state index contributed by atoms with van der Waals surface area (Å²) in [5, 5.41) is 5.53. The molecule has 0 aliphatic carbocycles. The van der Waals surface area contributed by atoms with Crippen LogP contribution in [0.1, 0.15) is 36.2 Å². The van der Waals surface area contributed by atoms with Crippen molar-refractivity contribution in [2.24, 2.45) is 0 Å². The number of carbonyl (C=O) groups is 2. The molecule has 0 saturated carbocycles. The Kier molecular flexibility index (Phi) is 7.46. The zero-order valence-electron chi connectivity index (χ0n) is 16.2. The average molecular weight is 653 g/mol. The number of nitrogens with zero attached hydrogens (tertiary/aromatic N) is 3. The number of carbonyl (C=O) groups excluding carboxylic acids is 2. The second-order valence-corrected chi connectivity index (χ2v) is 13.1. The standard InChI is InChI=1S/C21H17Br2Cl2N3O2Se/c22-17-7-6-16(31-17)21-19(23)20(15(29)11-18(30)27-8-2-1-3-9-27)26-28(21)14-5-4-12(24)10-13(14)25/h4-7,10H,1-3,8-9,11H2. The molecule has 3 aromatic rings. The second-order valence-electron chi connectivity index (χ2n) is 7.16. The first-order valence-electron chi connectivity index (χ1n) is 9.66. The van der Waals surface area contributed by atoms with Crippen molar-refractivity contribution in [2.75, 3.05) is 13.1 Å². The van der Waals surface area contributed by atoms with Crippen LogP contribution in [0.4, 0.5) is 0 Å². The zero-order valence-corrected chi connectivity index (χ0v) is 22.6. The summed E-state index contributed by atoms with van der Waals surface area (Å²) in [4.78, 5) is 27.5. The van der Waals surface area contributed by atoms with E-state index in [1.165, 1.54) is 0 Å². The van der Waals surface area contributed by atoms with Gasteiger partial charge >= 0.3 is 214 Å². The van der Waals surface area contributed by atoms with Gasteiger partial charge in [0.2, 0.25) is 0 Å². The van der Waals surface area contributed by atoms with Gasteiger partial charge in [0.1, 0.15) is 0 Å². The van der Waals surface area contributed by atoms with Crippen LogP contribution < -0.4 is 0 Å². The van der Waals surface area contributed by atoms with Crippen LogP contribution in [0.2, 0.25) is 10.0 Å². The number of Topliss-reactive ketones (excluding diaryl/α,β-unsaturated/α-hetero) is 1. The van der Waals surface area contributed by atoms with Crippen molar-refractivity contribution >= 4 is 81.3 Å². The maximum atomic E-state index is 13.1. The number of likely N-dealkylation sites (tertiary alicyclic amines) is 1. The molecule has 1 aliphatic rings. The predicted molar refractivity (Wildman–Crippen MR) is 131 cm³/mol. The van der Waals surface area contributed by atoms with Crippen LogP contribution in [0, 0.1) is 0 Å². The molecule has 1 saturated heterocycles. The average Bonchev–Trinajstić information content (AvgIpc) is 3.31. The molecule has 10 heteroatoms. The van der Waals surface area contributed by atoms with E-state index in [0.29, 0.717) is 33.3 Å². The van der Waals surface area contributed by atoms with Gasteiger partial charge in [0.05, 0.1) is 0 Å². The number of benzene rings is 1. The molecule has 1 aromatic carbocycles. The van der Waals surface area contributed by atoms with Gasteiger partial charge in [-0.05, 0) is 0 Å². The van der Waals surface area contributed by atoms with Crippen LogP contribution in [0.5, 0.6) is 0 Å². The van der Waals surface area contributed by atoms with Gasteiger partial charge in [-0.15, -0.1) is 0 Å². The van der Waals surface area contributed by atoms with E-state index in [2.05, 4.69) is 37.0 Å². The van der Waals surface area contributed by atoms with Gasteiger partial charge in [-0.3, -0.25) is 0 Å². The molecule has 4 rings (SSSR count). The van der Waals surface area contributed by atoms with E-state index in [-0.39, 0.29) is 38.3 Å². The number of amides is 1. The number of halogens is 4. The first-order valence-corrected chi connectivity index (χ1v) is 13.7. The summed E-state index contributed by atoms with van der Waals surface area (Å²) in [5.41, 5.74) is 1.60. The molecule has 0 bridgehead atoms. The Morgan fingerprint density at radius 1 is 1.06 bits per heavy atom. The molecular weight excluding hydrogens is 636 g/mol. The van der Waals surface area contributed by atoms with Crippen LogP contribution in [0.3, 0.4) is 0 Å². The fraction of sp³-hybridized carbons (Fsp3) is 0.286. The van der Waals surface area contributed by atoms with Crippen LogP contribution in [-0.2, 0) is 4.79 Å². The molecular formula is C21H17Br2Cl2N3O2Se. The summed E-state index contributed by atoms with van der Waals surface area (Å²) in [6.07, 6.45) is 2.89. The van der Waals surface area contributed by atoms with Gasteiger partial charge in [0.25, 0.3) is 0 Å². The van der Waals surface area contributed by atoms with Crippen molar-refractivity contribution in [1.29, 1.82) is 0 Å². The number of hydrogen-bond donors (Lipinski definition) is 0. The van der Waals surface area contributed by atoms with Gasteiger partial charge in [-0.25, -0.2) is 0 Å². The third-order valence-electron chi connectivity index (χ3n) is 5.06. The SMILES string of the molecule is O=C(CC(=O)N1CCCCC1)c1nn(-c2ccc(Cl)cc2Cl)c(-c2ccc(Br)[se]2)c1Br. The van der Waals surface area contributed by atoms with Crippen molar-refractivity contribution in [1.82, 2.24) is 14.7 Å². The molecule has 1 fully saturated rings. The van der Waals surface area contributed by atoms with E-state index in [0.717, 1.165) is 32.7 Å². The normalized spacial score (nSPS) is 14.1. The van der Waals surface area contributed by atoms with Crippen molar-refractivity contribution in [2.45, 2.75) is 25.7 Å². The van der Waals surface area contributed by atoms with Crippen molar-refractivity contribution < 1.29 is 9.59 Å². The Hall–Kier alpha value is -0.891. The third-order valence-corrected chi connectivity index (χ3v) is 9.30. The fourth-order valence-electron chi connectivity index (χ4n) is 3.53. The molecule has 3 heterocycles. The summed E-state index contributed by atoms with van der Waals surface area (Å²) >= 11 is 19.7. The van der Waals surface area contributed by atoms with Crippen LogP contribution in [0.15, 0.2) is 38.2 Å². The monoisotopic (exact) mass is 651 g/mol. The number of piperidine rings is 1. The number of ketones is 1. The molecule has 0 radical (unpaired) electrons. The molecule has 5 nitrogen and oxygen atoms in total. The number of hydrogen-bond acceptors (Lipinski definition) is 3. The molecule has 31 heavy (non-hydrogen) atoms. The van der Waals surface area contributed by atoms with Crippen molar-refractivity contribution in [3.8, 4) is 15.8 Å². The van der Waals surface area contributed by atoms with Crippen LogP contribution >= 0.6 is 55.1 Å². The molecule has 0 atom stereocenters. The summed E-state index contributed by atoms with van der Waals surface area (Å²) in [7, 11) is 0. The second kappa shape index (κ2) is 9.94. The summed E-state index contributed by atoms with van der Waals surface area (Å²) < 4.78 is 4.35. The van der Waals surface area contributed by atoms with Crippen LogP contribution in [-0.4, -0.2) is 54.0 Å². The molecule has 1 aliphatic heterocycles. The Bertz CT molecular complexity index is 1160. The number of rotatable bonds is 5. The summed E-state index contributed by atoms with van der Waals surface area (Å²) in [6.45, 7) is 1.42. The zero-order chi connectivity index (χ0) is 22.1. The summed E-state index contributed by atoms with van der Waals surface area (Å²) in [5.74, 6) is -0.461. The van der Waals surface area contributed by atoms with Gasteiger partial charge in [0, 0.05) is 0 Å². The van der Waals surface area contributed by atoms with E-state index in [4.69, 9.17) is 23.2 Å². The number of aromatic nitrogens is 2. The Morgan fingerprint density at radius 2 is 1.81 bits per heavy atom. The Morgan fingerprint density at radius 3 is 2.45 bits per heavy atom. The first-order chi connectivity index (χ1) is 14.8. The first kappa shape index (κ1) is 23.3. The fourth-order valence-corrected chi connectivity index (χ4v) is 7.65. The van der Waals surface area contributed by atoms with Gasteiger partial charge in [0.15, 0.2) is 0 Å². The minimum atomic E-state index is -0.314. The topological polar surface area (TPSA) is 55.2 Å². The van der Waals surface area contributed by atoms with Crippen LogP contribution in [0.25, 0.3) is 15.8 Å². The van der Waals surface area contributed by atoms with Gasteiger partial charge < -0.3 is 0 Å². The molecule has 2 aromatic heterocycles. The third kappa shape index (κ3) is 5.05. The van der Waals surface area contributed by atoms with E-state index < -0.39 is 0 Å². The molecule has 1 amide bonds. The molecule has 0 spiro atoms. The summed E-state index contributed by atoms with van der Waals surface area (Å²) in [6, 6.07) is 9.13. The van der Waals surface area contributed by atoms with Crippen molar-refractivity contribution in [3.05, 3.63) is 53.9 Å². The van der Waals surface area contributed by atoms with E-state index >= 15 is 0 Å². The van der Waals surface area contributed by atoms with Crippen molar-refractivity contribution in [3.63, 3.8) is 0 Å². The maximum absolute atomic E-state index is 13.1. The molecule has 0 N–H and O–H groups in total. The van der Waals surface area contributed by atoms with E-state index in [9.17, 15) is 9.59 Å². The van der Waals surface area contributed by atoms with E-state index in [1.54, 1.807) is 27.8 Å². The van der Waals surface area contributed by atoms with Gasteiger partial charge in [-0.2, -0.15) is 0 Å². The Labute approximate surface area is 212 Å². The van der Waals surface area contributed by atoms with E-state index in [1.807, 2.05) is 12.1 Å². The molecule has 0 unspecified atom stereocenters. The Balaban J connectivity index is 1.74.